The van der Waals surface area contributed by atoms with Gasteiger partial charge in [0, 0.05) is 36.6 Å². The van der Waals surface area contributed by atoms with Crippen molar-refractivity contribution < 1.29 is 9.59 Å². The van der Waals surface area contributed by atoms with Crippen molar-refractivity contribution in [2.45, 2.75) is 32.6 Å². The third kappa shape index (κ3) is 3.07. The molecule has 5 nitrogen and oxygen atoms in total. The van der Waals surface area contributed by atoms with Crippen molar-refractivity contribution in [3.8, 4) is 0 Å². The van der Waals surface area contributed by atoms with E-state index in [1.165, 1.54) is 0 Å². The van der Waals surface area contributed by atoms with E-state index < -0.39 is 0 Å². The zero-order valence-corrected chi connectivity index (χ0v) is 15.6. The van der Waals surface area contributed by atoms with Gasteiger partial charge in [-0.25, -0.2) is 0 Å². The summed E-state index contributed by atoms with van der Waals surface area (Å²) in [5.41, 5.74) is 10.9. The van der Waals surface area contributed by atoms with Gasteiger partial charge >= 0.3 is 0 Å². The van der Waals surface area contributed by atoms with Gasteiger partial charge in [-0.3, -0.25) is 9.59 Å². The average Bonchev–Trinajstić information content (AvgIpc) is 3.09. The lowest BCUT2D eigenvalue weighted by atomic mass is 9.97. The van der Waals surface area contributed by atoms with E-state index in [0.717, 1.165) is 47.5 Å². The number of hydrogen-bond acceptors (Lipinski definition) is 3. The van der Waals surface area contributed by atoms with Gasteiger partial charge in [-0.2, -0.15) is 0 Å². The number of para-hydroxylation sites is 1. The highest BCUT2D eigenvalue weighted by atomic mass is 16.2. The number of aryl methyl sites for hydroxylation is 1. The number of rotatable bonds is 3. The maximum Gasteiger partial charge on any atom is 0.232 e. The molecule has 1 saturated heterocycles. The molecule has 2 aromatic rings. The van der Waals surface area contributed by atoms with Crippen molar-refractivity contribution in [3.05, 3.63) is 53.6 Å². The molecule has 0 aromatic heterocycles. The van der Waals surface area contributed by atoms with E-state index in [2.05, 4.69) is 6.92 Å². The Morgan fingerprint density at radius 3 is 2.74 bits per heavy atom. The number of carbonyl (C=O) groups excluding carboxylic acids is 2. The molecule has 1 fully saturated rings. The average molecular weight is 363 g/mol. The molecule has 2 amide bonds. The normalized spacial score (nSPS) is 19.3. The Hall–Kier alpha value is -2.82. The molecule has 0 spiro atoms. The van der Waals surface area contributed by atoms with Gasteiger partial charge in [-0.15, -0.1) is 0 Å². The summed E-state index contributed by atoms with van der Waals surface area (Å²) in [7, 11) is 0. The van der Waals surface area contributed by atoms with Crippen LogP contribution in [0.3, 0.4) is 0 Å². The van der Waals surface area contributed by atoms with Crippen LogP contribution in [0.5, 0.6) is 0 Å². The lowest BCUT2D eigenvalue weighted by molar-refractivity contribution is -0.124. The SMILES string of the molecule is CCc1ccccc1N1CC(C(=O)N2CCCc3c(N)cccc32)CC1=O. The largest absolute Gasteiger partial charge is 0.398 e. The van der Waals surface area contributed by atoms with Crippen LogP contribution >= 0.6 is 0 Å². The third-order valence-electron chi connectivity index (χ3n) is 5.69. The van der Waals surface area contributed by atoms with Crippen molar-refractivity contribution in [1.29, 1.82) is 0 Å². The van der Waals surface area contributed by atoms with Crippen LogP contribution in [0, 0.1) is 5.92 Å². The van der Waals surface area contributed by atoms with E-state index in [1.807, 2.05) is 47.4 Å². The molecule has 2 aliphatic rings. The molecule has 1 unspecified atom stereocenters. The molecule has 0 aliphatic carbocycles. The fourth-order valence-electron chi connectivity index (χ4n) is 4.28. The summed E-state index contributed by atoms with van der Waals surface area (Å²) < 4.78 is 0. The molecule has 0 radical (unpaired) electrons. The molecule has 5 heteroatoms. The van der Waals surface area contributed by atoms with Crippen LogP contribution in [0.2, 0.25) is 0 Å². The third-order valence-corrected chi connectivity index (χ3v) is 5.69. The Balaban J connectivity index is 1.58. The number of hydrogen-bond donors (Lipinski definition) is 1. The van der Waals surface area contributed by atoms with Crippen LogP contribution < -0.4 is 15.5 Å². The van der Waals surface area contributed by atoms with Crippen LogP contribution in [0.1, 0.15) is 30.9 Å². The number of nitrogens with two attached hydrogens (primary N) is 1. The Labute approximate surface area is 159 Å². The standard InChI is InChI=1S/C22H25N3O2/c1-2-15-7-3-4-10-19(15)25-14-16(13-21(25)26)22(27)24-12-6-8-17-18(23)9-5-11-20(17)24/h3-5,7,9-11,16H,2,6,8,12-14,23H2,1H3. The maximum atomic E-state index is 13.3. The first kappa shape index (κ1) is 17.6. The van der Waals surface area contributed by atoms with Crippen molar-refractivity contribution in [1.82, 2.24) is 0 Å². The summed E-state index contributed by atoms with van der Waals surface area (Å²) in [6.45, 7) is 3.21. The van der Waals surface area contributed by atoms with Crippen molar-refractivity contribution in [2.24, 2.45) is 5.92 Å². The molecule has 140 valence electrons. The minimum absolute atomic E-state index is 0.0269. The minimum Gasteiger partial charge on any atom is -0.398 e. The first-order valence-electron chi connectivity index (χ1n) is 9.67. The number of fused-ring (bicyclic) bond motifs is 1. The van der Waals surface area contributed by atoms with E-state index in [9.17, 15) is 9.59 Å². The quantitative estimate of drug-likeness (QED) is 0.852. The molecule has 0 bridgehead atoms. The molecule has 27 heavy (non-hydrogen) atoms. The van der Waals surface area contributed by atoms with Gasteiger partial charge in [-0.1, -0.05) is 31.2 Å². The van der Waals surface area contributed by atoms with Gasteiger partial charge in [0.05, 0.1) is 5.92 Å². The number of benzene rings is 2. The number of carbonyl (C=O) groups is 2. The molecule has 4 rings (SSSR count). The van der Waals surface area contributed by atoms with Gasteiger partial charge in [0.15, 0.2) is 0 Å². The lowest BCUT2D eigenvalue weighted by Crippen LogP contribution is -2.40. The molecule has 1 atom stereocenters. The Kier molecular flexibility index (Phi) is 4.60. The smallest absolute Gasteiger partial charge is 0.232 e. The van der Waals surface area contributed by atoms with Crippen LogP contribution in [0.25, 0.3) is 0 Å². The highest BCUT2D eigenvalue weighted by Crippen LogP contribution is 2.35. The van der Waals surface area contributed by atoms with Gasteiger partial charge in [-0.05, 0) is 48.6 Å². The number of nitrogens with zero attached hydrogens (tertiary/aromatic N) is 2. The first-order chi connectivity index (χ1) is 13.1. The molecular weight excluding hydrogens is 338 g/mol. The van der Waals surface area contributed by atoms with Crippen LogP contribution in [0.15, 0.2) is 42.5 Å². The number of nitrogen functional groups attached to an aromatic ring is 1. The topological polar surface area (TPSA) is 66.6 Å². The summed E-state index contributed by atoms with van der Waals surface area (Å²) in [4.78, 5) is 29.6. The minimum atomic E-state index is -0.310. The van der Waals surface area contributed by atoms with Crippen LogP contribution in [-0.2, 0) is 22.4 Å². The van der Waals surface area contributed by atoms with E-state index in [-0.39, 0.29) is 24.2 Å². The number of anilines is 3. The Bertz CT molecular complexity index is 893. The van der Waals surface area contributed by atoms with Crippen molar-refractivity contribution >= 4 is 28.9 Å². The van der Waals surface area contributed by atoms with Gasteiger partial charge in [0.25, 0.3) is 0 Å². The second-order valence-electron chi connectivity index (χ2n) is 7.33. The highest BCUT2D eigenvalue weighted by molar-refractivity contribution is 6.05. The summed E-state index contributed by atoms with van der Waals surface area (Å²) in [6, 6.07) is 13.7. The maximum absolute atomic E-state index is 13.3. The Morgan fingerprint density at radius 1 is 1.15 bits per heavy atom. The van der Waals surface area contributed by atoms with Crippen LogP contribution in [-0.4, -0.2) is 24.9 Å². The van der Waals surface area contributed by atoms with E-state index in [4.69, 9.17) is 5.73 Å². The molecular formula is C22H25N3O2. The van der Waals surface area contributed by atoms with Gasteiger partial charge in [0.1, 0.15) is 0 Å². The number of amides is 2. The Morgan fingerprint density at radius 2 is 1.93 bits per heavy atom. The second kappa shape index (κ2) is 7.06. The van der Waals surface area contributed by atoms with Crippen LogP contribution in [0.4, 0.5) is 17.1 Å². The van der Waals surface area contributed by atoms with Crippen molar-refractivity contribution in [3.63, 3.8) is 0 Å². The predicted octanol–water partition coefficient (Wildman–Crippen LogP) is 3.16. The summed E-state index contributed by atoms with van der Waals surface area (Å²) in [6.07, 6.45) is 2.92. The van der Waals surface area contributed by atoms with Gasteiger partial charge < -0.3 is 15.5 Å². The van der Waals surface area contributed by atoms with E-state index in [1.54, 1.807) is 4.90 Å². The lowest BCUT2D eigenvalue weighted by Gasteiger charge is -2.32. The fraction of sp³-hybridized carbons (Fsp3) is 0.364. The predicted molar refractivity (Wildman–Crippen MR) is 108 cm³/mol. The molecule has 2 heterocycles. The van der Waals surface area contributed by atoms with E-state index in [0.29, 0.717) is 13.1 Å². The van der Waals surface area contributed by atoms with E-state index >= 15 is 0 Å². The molecule has 2 aromatic carbocycles. The van der Waals surface area contributed by atoms with Crippen molar-refractivity contribution in [2.75, 3.05) is 28.6 Å². The summed E-state index contributed by atoms with van der Waals surface area (Å²) in [5.74, 6) is -0.250. The summed E-state index contributed by atoms with van der Waals surface area (Å²) in [5, 5.41) is 0. The second-order valence-corrected chi connectivity index (χ2v) is 7.33. The molecule has 2 N–H and O–H groups in total. The molecule has 2 aliphatic heterocycles. The zero-order chi connectivity index (χ0) is 19.0. The summed E-state index contributed by atoms with van der Waals surface area (Å²) >= 11 is 0. The molecule has 0 saturated carbocycles. The van der Waals surface area contributed by atoms with Gasteiger partial charge in [0.2, 0.25) is 11.8 Å². The highest BCUT2D eigenvalue weighted by Gasteiger charge is 2.39. The zero-order valence-electron chi connectivity index (χ0n) is 15.6. The monoisotopic (exact) mass is 363 g/mol. The fourth-order valence-corrected chi connectivity index (χ4v) is 4.28. The first-order valence-corrected chi connectivity index (χ1v) is 9.67.